The maximum absolute atomic E-state index is 11.8. The van der Waals surface area contributed by atoms with Gasteiger partial charge in [0.15, 0.2) is 0 Å². The second-order valence-corrected chi connectivity index (χ2v) is 5.20. The number of carbonyl (C=O) groups is 1. The molecule has 100 valence electrons. The van der Waals surface area contributed by atoms with Crippen LogP contribution in [0.15, 0.2) is 30.3 Å². The Balaban J connectivity index is 2.34. The number of aryl methyl sites for hydroxylation is 1. The third-order valence-electron chi connectivity index (χ3n) is 3.12. The monoisotopic (exact) mass is 248 g/mol. The van der Waals surface area contributed by atoms with Crippen LogP contribution in [0, 0.1) is 5.92 Å². The lowest BCUT2D eigenvalue weighted by atomic mass is 10.0. The quantitative estimate of drug-likeness (QED) is 0.810. The maximum Gasteiger partial charge on any atom is 0.237 e. The smallest absolute Gasteiger partial charge is 0.237 e. The van der Waals surface area contributed by atoms with E-state index in [9.17, 15) is 4.79 Å². The molecule has 1 aromatic rings. The Kier molecular flexibility index (Phi) is 5.86. The van der Waals surface area contributed by atoms with Crippen LogP contribution in [-0.4, -0.2) is 18.0 Å². The lowest BCUT2D eigenvalue weighted by Crippen LogP contribution is -2.47. The van der Waals surface area contributed by atoms with Crippen LogP contribution in [0.3, 0.4) is 0 Å². The summed E-state index contributed by atoms with van der Waals surface area (Å²) >= 11 is 0. The Labute approximate surface area is 110 Å². The number of benzene rings is 1. The minimum Gasteiger partial charge on any atom is -0.352 e. The molecule has 0 aromatic heterocycles. The second kappa shape index (κ2) is 7.17. The van der Waals surface area contributed by atoms with Crippen molar-refractivity contribution in [2.45, 2.75) is 45.7 Å². The average Bonchev–Trinajstić information content (AvgIpc) is 2.36. The first-order valence-electron chi connectivity index (χ1n) is 6.60. The van der Waals surface area contributed by atoms with Crippen LogP contribution in [0.4, 0.5) is 0 Å². The van der Waals surface area contributed by atoms with Gasteiger partial charge in [-0.25, -0.2) is 0 Å². The van der Waals surface area contributed by atoms with Crippen molar-refractivity contribution in [3.05, 3.63) is 35.9 Å². The van der Waals surface area contributed by atoms with Crippen molar-refractivity contribution in [2.75, 3.05) is 0 Å². The molecule has 18 heavy (non-hydrogen) atoms. The molecule has 3 nitrogen and oxygen atoms in total. The Morgan fingerprint density at radius 2 is 1.83 bits per heavy atom. The maximum atomic E-state index is 11.8. The molecule has 0 aliphatic carbocycles. The molecule has 2 atom stereocenters. The van der Waals surface area contributed by atoms with E-state index in [1.165, 1.54) is 5.56 Å². The second-order valence-electron chi connectivity index (χ2n) is 5.20. The van der Waals surface area contributed by atoms with E-state index < -0.39 is 6.04 Å². The first kappa shape index (κ1) is 14.7. The summed E-state index contributed by atoms with van der Waals surface area (Å²) in [6, 6.07) is 10.0. The van der Waals surface area contributed by atoms with Crippen molar-refractivity contribution in [2.24, 2.45) is 11.7 Å². The molecule has 0 radical (unpaired) electrons. The van der Waals surface area contributed by atoms with Gasteiger partial charge >= 0.3 is 0 Å². The van der Waals surface area contributed by atoms with Gasteiger partial charge in [-0.1, -0.05) is 44.2 Å². The summed E-state index contributed by atoms with van der Waals surface area (Å²) in [7, 11) is 0. The topological polar surface area (TPSA) is 55.1 Å². The molecule has 1 amide bonds. The highest BCUT2D eigenvalue weighted by atomic mass is 16.2. The Hall–Kier alpha value is -1.35. The highest BCUT2D eigenvalue weighted by Crippen LogP contribution is 2.05. The average molecular weight is 248 g/mol. The molecule has 0 spiro atoms. The van der Waals surface area contributed by atoms with Gasteiger partial charge < -0.3 is 11.1 Å². The van der Waals surface area contributed by atoms with Gasteiger partial charge in [-0.2, -0.15) is 0 Å². The Morgan fingerprint density at radius 1 is 1.22 bits per heavy atom. The van der Waals surface area contributed by atoms with Crippen LogP contribution >= 0.6 is 0 Å². The zero-order valence-corrected chi connectivity index (χ0v) is 11.5. The number of hydrogen-bond donors (Lipinski definition) is 2. The van der Waals surface area contributed by atoms with Gasteiger partial charge in [0.25, 0.3) is 0 Å². The molecular formula is C15H24N2O. The minimum absolute atomic E-state index is 0.0504. The summed E-state index contributed by atoms with van der Waals surface area (Å²) in [4.78, 5) is 11.8. The fourth-order valence-electron chi connectivity index (χ4n) is 1.74. The highest BCUT2D eigenvalue weighted by molar-refractivity contribution is 5.81. The molecule has 0 aliphatic heterocycles. The van der Waals surface area contributed by atoms with E-state index in [-0.39, 0.29) is 17.9 Å². The standard InChI is InChI=1S/C15H24N2O/c1-11(2)14(16)15(18)17-12(3)9-10-13-7-5-4-6-8-13/h4-8,11-12,14H,9-10,16H2,1-3H3,(H,17,18)/t12?,14-/m0/s1. The van der Waals surface area contributed by atoms with E-state index >= 15 is 0 Å². The van der Waals surface area contributed by atoms with E-state index in [1.54, 1.807) is 0 Å². The molecule has 3 N–H and O–H groups in total. The summed E-state index contributed by atoms with van der Waals surface area (Å²) in [5, 5.41) is 2.97. The lowest BCUT2D eigenvalue weighted by Gasteiger charge is -2.19. The van der Waals surface area contributed by atoms with E-state index in [2.05, 4.69) is 17.4 Å². The molecule has 1 aromatic carbocycles. The molecule has 1 rings (SSSR count). The number of nitrogens with two attached hydrogens (primary N) is 1. The molecule has 0 saturated heterocycles. The van der Waals surface area contributed by atoms with Gasteiger partial charge in [-0.05, 0) is 31.2 Å². The van der Waals surface area contributed by atoms with Crippen molar-refractivity contribution in [1.82, 2.24) is 5.32 Å². The van der Waals surface area contributed by atoms with Gasteiger partial charge in [0, 0.05) is 6.04 Å². The molecule has 0 bridgehead atoms. The van der Waals surface area contributed by atoms with E-state index in [0.29, 0.717) is 0 Å². The molecule has 0 aliphatic rings. The Morgan fingerprint density at radius 3 is 2.39 bits per heavy atom. The van der Waals surface area contributed by atoms with Crippen LogP contribution in [0.2, 0.25) is 0 Å². The summed E-state index contributed by atoms with van der Waals surface area (Å²) < 4.78 is 0. The van der Waals surface area contributed by atoms with Crippen LogP contribution < -0.4 is 11.1 Å². The molecule has 3 heteroatoms. The normalized spacial score (nSPS) is 14.3. The fraction of sp³-hybridized carbons (Fsp3) is 0.533. The summed E-state index contributed by atoms with van der Waals surface area (Å²) in [6.07, 6.45) is 1.90. The van der Waals surface area contributed by atoms with Crippen LogP contribution in [0.1, 0.15) is 32.8 Å². The van der Waals surface area contributed by atoms with Crippen molar-refractivity contribution in [1.29, 1.82) is 0 Å². The third-order valence-corrected chi connectivity index (χ3v) is 3.12. The predicted octanol–water partition coefficient (Wildman–Crippen LogP) is 2.11. The first-order valence-corrected chi connectivity index (χ1v) is 6.60. The largest absolute Gasteiger partial charge is 0.352 e. The zero-order valence-electron chi connectivity index (χ0n) is 11.5. The van der Waals surface area contributed by atoms with Crippen LogP contribution in [0.25, 0.3) is 0 Å². The van der Waals surface area contributed by atoms with Crippen molar-refractivity contribution < 1.29 is 4.79 Å². The molecule has 0 saturated carbocycles. The zero-order chi connectivity index (χ0) is 13.5. The third kappa shape index (κ3) is 4.88. The first-order chi connectivity index (χ1) is 8.50. The van der Waals surface area contributed by atoms with E-state index in [0.717, 1.165) is 12.8 Å². The van der Waals surface area contributed by atoms with Crippen molar-refractivity contribution in [3.8, 4) is 0 Å². The highest BCUT2D eigenvalue weighted by Gasteiger charge is 2.18. The van der Waals surface area contributed by atoms with Gasteiger partial charge in [0.1, 0.15) is 0 Å². The summed E-state index contributed by atoms with van der Waals surface area (Å²) in [5.41, 5.74) is 7.10. The fourth-order valence-corrected chi connectivity index (χ4v) is 1.74. The Bertz CT molecular complexity index is 362. The molecule has 0 heterocycles. The SMILES string of the molecule is CC(CCc1ccccc1)NC(=O)[C@@H](N)C(C)C. The molecule has 1 unspecified atom stereocenters. The van der Waals surface area contributed by atoms with Gasteiger partial charge in [-0.15, -0.1) is 0 Å². The van der Waals surface area contributed by atoms with Crippen molar-refractivity contribution >= 4 is 5.91 Å². The number of carbonyl (C=O) groups excluding carboxylic acids is 1. The van der Waals surface area contributed by atoms with Crippen molar-refractivity contribution in [3.63, 3.8) is 0 Å². The number of hydrogen-bond acceptors (Lipinski definition) is 2. The van der Waals surface area contributed by atoms with Crippen LogP contribution in [-0.2, 0) is 11.2 Å². The number of nitrogens with one attached hydrogen (secondary N) is 1. The van der Waals surface area contributed by atoms with Gasteiger partial charge in [0.2, 0.25) is 5.91 Å². The van der Waals surface area contributed by atoms with Gasteiger partial charge in [0.05, 0.1) is 6.04 Å². The number of rotatable bonds is 6. The van der Waals surface area contributed by atoms with Gasteiger partial charge in [-0.3, -0.25) is 4.79 Å². The van der Waals surface area contributed by atoms with Crippen LogP contribution in [0.5, 0.6) is 0 Å². The van der Waals surface area contributed by atoms with E-state index in [1.807, 2.05) is 39.0 Å². The summed E-state index contributed by atoms with van der Waals surface area (Å²) in [6.45, 7) is 5.94. The predicted molar refractivity (Wildman–Crippen MR) is 75.2 cm³/mol. The summed E-state index contributed by atoms with van der Waals surface area (Å²) in [5.74, 6) is 0.122. The number of amides is 1. The molecular weight excluding hydrogens is 224 g/mol. The minimum atomic E-state index is -0.413. The lowest BCUT2D eigenvalue weighted by molar-refractivity contribution is -0.123. The molecule has 0 fully saturated rings. The van der Waals surface area contributed by atoms with E-state index in [4.69, 9.17) is 5.73 Å².